The van der Waals surface area contributed by atoms with E-state index < -0.39 is 0 Å². The lowest BCUT2D eigenvalue weighted by molar-refractivity contribution is 0.0752. The second-order valence-corrected chi connectivity index (χ2v) is 3.37. The van der Waals surface area contributed by atoms with Crippen molar-refractivity contribution in [3.05, 3.63) is 18.6 Å². The molecule has 76 valence electrons. The lowest BCUT2D eigenvalue weighted by Gasteiger charge is -2.29. The minimum atomic E-state index is 0.0405. The predicted octanol–water partition coefficient (Wildman–Crippen LogP) is 0.00470. The average Bonchev–Trinajstić information content (AvgIpc) is 2.23. The molecule has 1 aliphatic rings. The van der Waals surface area contributed by atoms with Crippen molar-refractivity contribution in [3.63, 3.8) is 0 Å². The van der Waals surface area contributed by atoms with Crippen molar-refractivity contribution in [3.8, 4) is 0 Å². The van der Waals surface area contributed by atoms with Gasteiger partial charge in [-0.1, -0.05) is 0 Å². The third-order valence-corrected chi connectivity index (χ3v) is 2.32. The molecule has 2 unspecified atom stereocenters. The summed E-state index contributed by atoms with van der Waals surface area (Å²) in [7, 11) is 0. The van der Waals surface area contributed by atoms with Crippen molar-refractivity contribution < 1.29 is 4.74 Å². The Morgan fingerprint density at radius 1 is 1.57 bits per heavy atom. The molecule has 1 aromatic heterocycles. The SMILES string of the molecule is NC1COCCC1Nc1ccncn1. The summed E-state index contributed by atoms with van der Waals surface area (Å²) < 4.78 is 5.25. The molecule has 1 aliphatic heterocycles. The van der Waals surface area contributed by atoms with Crippen molar-refractivity contribution in [2.24, 2.45) is 5.73 Å². The Labute approximate surface area is 82.7 Å². The van der Waals surface area contributed by atoms with Crippen LogP contribution in [-0.2, 0) is 4.74 Å². The molecule has 0 saturated carbocycles. The van der Waals surface area contributed by atoms with E-state index in [1.165, 1.54) is 6.33 Å². The summed E-state index contributed by atoms with van der Waals surface area (Å²) in [5.41, 5.74) is 5.90. The highest BCUT2D eigenvalue weighted by Crippen LogP contribution is 2.11. The quantitative estimate of drug-likeness (QED) is 0.693. The van der Waals surface area contributed by atoms with Gasteiger partial charge in [0.1, 0.15) is 12.1 Å². The summed E-state index contributed by atoms with van der Waals surface area (Å²) in [6.07, 6.45) is 4.15. The van der Waals surface area contributed by atoms with Gasteiger partial charge in [0.25, 0.3) is 0 Å². The van der Waals surface area contributed by atoms with Crippen molar-refractivity contribution in [2.45, 2.75) is 18.5 Å². The monoisotopic (exact) mass is 194 g/mol. The fourth-order valence-corrected chi connectivity index (χ4v) is 1.51. The molecule has 5 nitrogen and oxygen atoms in total. The predicted molar refractivity (Wildman–Crippen MR) is 52.9 cm³/mol. The number of anilines is 1. The maximum Gasteiger partial charge on any atom is 0.129 e. The minimum Gasteiger partial charge on any atom is -0.380 e. The van der Waals surface area contributed by atoms with Gasteiger partial charge in [-0.25, -0.2) is 9.97 Å². The normalized spacial score (nSPS) is 27.2. The van der Waals surface area contributed by atoms with Gasteiger partial charge in [0.05, 0.1) is 6.61 Å². The van der Waals surface area contributed by atoms with Crippen LogP contribution in [-0.4, -0.2) is 35.3 Å². The highest BCUT2D eigenvalue weighted by atomic mass is 16.5. The second-order valence-electron chi connectivity index (χ2n) is 3.37. The van der Waals surface area contributed by atoms with Crippen molar-refractivity contribution in [1.82, 2.24) is 9.97 Å². The first kappa shape index (κ1) is 9.36. The first-order chi connectivity index (χ1) is 6.86. The van der Waals surface area contributed by atoms with E-state index in [9.17, 15) is 0 Å². The van der Waals surface area contributed by atoms with E-state index in [2.05, 4.69) is 15.3 Å². The number of aromatic nitrogens is 2. The Balaban J connectivity index is 1.96. The molecule has 1 fully saturated rings. The Kier molecular flexibility index (Phi) is 2.90. The first-order valence-corrected chi connectivity index (χ1v) is 4.72. The van der Waals surface area contributed by atoms with Gasteiger partial charge in [-0.2, -0.15) is 0 Å². The van der Waals surface area contributed by atoms with Crippen molar-refractivity contribution in [2.75, 3.05) is 18.5 Å². The van der Waals surface area contributed by atoms with Gasteiger partial charge in [0.15, 0.2) is 0 Å². The molecular weight excluding hydrogens is 180 g/mol. The third-order valence-electron chi connectivity index (χ3n) is 2.32. The molecule has 5 heteroatoms. The van der Waals surface area contributed by atoms with Crippen molar-refractivity contribution >= 4 is 5.82 Å². The van der Waals surface area contributed by atoms with E-state index in [0.717, 1.165) is 18.8 Å². The highest BCUT2D eigenvalue weighted by molar-refractivity contribution is 5.33. The second kappa shape index (κ2) is 4.34. The molecule has 14 heavy (non-hydrogen) atoms. The van der Waals surface area contributed by atoms with E-state index in [4.69, 9.17) is 10.5 Å². The van der Waals surface area contributed by atoms with Crippen LogP contribution < -0.4 is 11.1 Å². The maximum absolute atomic E-state index is 5.90. The van der Waals surface area contributed by atoms with Crippen LogP contribution in [0.1, 0.15) is 6.42 Å². The Hall–Kier alpha value is -1.20. The van der Waals surface area contributed by atoms with Crippen LogP contribution in [0.25, 0.3) is 0 Å². The lowest BCUT2D eigenvalue weighted by Crippen LogP contribution is -2.47. The van der Waals surface area contributed by atoms with Gasteiger partial charge in [-0.15, -0.1) is 0 Å². The number of nitrogens with one attached hydrogen (secondary N) is 1. The van der Waals surface area contributed by atoms with Crippen LogP contribution in [0.3, 0.4) is 0 Å². The van der Waals surface area contributed by atoms with Crippen LogP contribution in [0.2, 0.25) is 0 Å². The number of nitrogens with two attached hydrogens (primary N) is 1. The van der Waals surface area contributed by atoms with Gasteiger partial charge in [0.2, 0.25) is 0 Å². The standard InChI is InChI=1S/C9H14N4O/c10-7-5-14-4-2-8(7)13-9-1-3-11-6-12-9/h1,3,6-8H,2,4-5,10H2,(H,11,12,13). The highest BCUT2D eigenvalue weighted by Gasteiger charge is 2.22. The number of hydrogen-bond donors (Lipinski definition) is 2. The van der Waals surface area contributed by atoms with Crippen LogP contribution in [0, 0.1) is 0 Å². The zero-order valence-electron chi connectivity index (χ0n) is 7.89. The van der Waals surface area contributed by atoms with Crippen molar-refractivity contribution in [1.29, 1.82) is 0 Å². The van der Waals surface area contributed by atoms with Crippen LogP contribution in [0.15, 0.2) is 18.6 Å². The van der Waals surface area contributed by atoms with Crippen LogP contribution >= 0.6 is 0 Å². The Morgan fingerprint density at radius 3 is 3.21 bits per heavy atom. The molecule has 0 aromatic carbocycles. The third kappa shape index (κ3) is 2.18. The summed E-state index contributed by atoms with van der Waals surface area (Å²) >= 11 is 0. The summed E-state index contributed by atoms with van der Waals surface area (Å²) in [5, 5.41) is 3.27. The molecule has 0 amide bonds. The maximum atomic E-state index is 5.90. The number of rotatable bonds is 2. The largest absolute Gasteiger partial charge is 0.380 e. The van der Waals surface area contributed by atoms with Gasteiger partial charge < -0.3 is 15.8 Å². The molecule has 2 rings (SSSR count). The zero-order valence-corrected chi connectivity index (χ0v) is 7.89. The fourth-order valence-electron chi connectivity index (χ4n) is 1.51. The van der Waals surface area contributed by atoms with E-state index >= 15 is 0 Å². The summed E-state index contributed by atoms with van der Waals surface area (Å²) in [4.78, 5) is 7.94. The van der Waals surface area contributed by atoms with E-state index in [1.807, 2.05) is 6.07 Å². The Morgan fingerprint density at radius 2 is 2.50 bits per heavy atom. The van der Waals surface area contributed by atoms with E-state index in [1.54, 1.807) is 6.20 Å². The average molecular weight is 194 g/mol. The fraction of sp³-hybridized carbons (Fsp3) is 0.556. The topological polar surface area (TPSA) is 73.1 Å². The van der Waals surface area contributed by atoms with Gasteiger partial charge in [-0.3, -0.25) is 0 Å². The molecule has 2 atom stereocenters. The summed E-state index contributed by atoms with van der Waals surface area (Å²) in [6.45, 7) is 1.37. The minimum absolute atomic E-state index is 0.0405. The molecule has 0 spiro atoms. The lowest BCUT2D eigenvalue weighted by atomic mass is 10.0. The number of hydrogen-bond acceptors (Lipinski definition) is 5. The number of nitrogens with zero attached hydrogens (tertiary/aromatic N) is 2. The molecule has 3 N–H and O–H groups in total. The molecule has 0 radical (unpaired) electrons. The zero-order chi connectivity index (χ0) is 9.80. The van der Waals surface area contributed by atoms with Gasteiger partial charge in [-0.05, 0) is 12.5 Å². The molecule has 1 aromatic rings. The number of ether oxygens (including phenoxy) is 1. The smallest absolute Gasteiger partial charge is 0.129 e. The van der Waals surface area contributed by atoms with Gasteiger partial charge >= 0.3 is 0 Å². The molecule has 0 bridgehead atoms. The summed E-state index contributed by atoms with van der Waals surface area (Å²) in [5.74, 6) is 0.822. The first-order valence-electron chi connectivity index (χ1n) is 4.72. The van der Waals surface area contributed by atoms with E-state index in [-0.39, 0.29) is 12.1 Å². The molecule has 1 saturated heterocycles. The molecule has 2 heterocycles. The molecule has 0 aliphatic carbocycles. The molecular formula is C9H14N4O. The Bertz CT molecular complexity index is 279. The van der Waals surface area contributed by atoms with E-state index in [0.29, 0.717) is 6.61 Å². The van der Waals surface area contributed by atoms with Crippen LogP contribution in [0.4, 0.5) is 5.82 Å². The summed E-state index contributed by atoms with van der Waals surface area (Å²) in [6, 6.07) is 2.12. The van der Waals surface area contributed by atoms with Crippen LogP contribution in [0.5, 0.6) is 0 Å². The van der Waals surface area contributed by atoms with Gasteiger partial charge in [0, 0.05) is 24.9 Å².